The smallest absolute Gasteiger partial charge is 0.311 e. The molecule has 128 valence electrons. The number of carbonyl (C=O) groups excluding carboxylic acids is 2. The van der Waals surface area contributed by atoms with Gasteiger partial charge in [0.2, 0.25) is 0 Å². The fourth-order valence-corrected chi connectivity index (χ4v) is 2.95. The lowest BCUT2D eigenvalue weighted by Gasteiger charge is -2.02. The minimum Gasteiger partial charge on any atom is -0.469 e. The van der Waals surface area contributed by atoms with Crippen molar-refractivity contribution in [2.24, 2.45) is 0 Å². The zero-order valence-electron chi connectivity index (χ0n) is 13.7. The van der Waals surface area contributed by atoms with E-state index in [9.17, 15) is 9.59 Å². The first kappa shape index (κ1) is 16.8. The van der Waals surface area contributed by atoms with E-state index in [-0.39, 0.29) is 18.3 Å². The summed E-state index contributed by atoms with van der Waals surface area (Å²) < 4.78 is 6.31. The highest BCUT2D eigenvalue weighted by atomic mass is 32.1. The summed E-state index contributed by atoms with van der Waals surface area (Å²) >= 11 is 1.25. The van der Waals surface area contributed by atoms with Crippen molar-refractivity contribution in [1.82, 2.24) is 14.8 Å². The van der Waals surface area contributed by atoms with Crippen LogP contribution < -0.4 is 5.32 Å². The van der Waals surface area contributed by atoms with Crippen LogP contribution in [0.2, 0.25) is 0 Å². The van der Waals surface area contributed by atoms with Crippen LogP contribution in [0.1, 0.15) is 21.9 Å². The van der Waals surface area contributed by atoms with Gasteiger partial charge in [-0.25, -0.2) is 9.67 Å². The van der Waals surface area contributed by atoms with Crippen molar-refractivity contribution in [2.75, 3.05) is 12.4 Å². The summed E-state index contributed by atoms with van der Waals surface area (Å²) in [4.78, 5) is 27.8. The number of rotatable bonds is 5. The molecule has 1 amide bonds. The van der Waals surface area contributed by atoms with Crippen molar-refractivity contribution in [2.45, 2.75) is 13.3 Å². The second-order valence-electron chi connectivity index (χ2n) is 5.27. The van der Waals surface area contributed by atoms with E-state index in [1.807, 2.05) is 37.3 Å². The molecule has 1 N–H and O–H groups in total. The number of esters is 1. The number of ether oxygens (including phenoxy) is 1. The van der Waals surface area contributed by atoms with Crippen LogP contribution in [0.5, 0.6) is 0 Å². The number of nitrogens with one attached hydrogen (secondary N) is 1. The molecule has 7 nitrogen and oxygen atoms in total. The first-order valence-corrected chi connectivity index (χ1v) is 8.39. The first-order chi connectivity index (χ1) is 12.1. The standard InChI is InChI=1S/C17H16N4O3S/c1-11-8-14(20-21(11)13-6-4-3-5-7-13)16(23)19-17-18-12(10-25-17)9-15(22)24-2/h3-8,10H,9H2,1-2H3,(H,18,19,23). The Hall–Kier alpha value is -3.00. The number of carbonyl (C=O) groups is 2. The summed E-state index contributed by atoms with van der Waals surface area (Å²) in [6.07, 6.45) is 0.0740. The van der Waals surface area contributed by atoms with Crippen LogP contribution >= 0.6 is 11.3 Å². The Balaban J connectivity index is 1.73. The van der Waals surface area contributed by atoms with Gasteiger partial charge in [-0.1, -0.05) is 18.2 Å². The zero-order valence-corrected chi connectivity index (χ0v) is 14.5. The van der Waals surface area contributed by atoms with Gasteiger partial charge >= 0.3 is 5.97 Å². The van der Waals surface area contributed by atoms with Gasteiger partial charge in [-0.05, 0) is 25.1 Å². The van der Waals surface area contributed by atoms with E-state index in [4.69, 9.17) is 0 Å². The quantitative estimate of drug-likeness (QED) is 0.710. The molecular formula is C17H16N4O3S. The number of benzene rings is 1. The lowest BCUT2D eigenvalue weighted by atomic mass is 10.3. The maximum absolute atomic E-state index is 12.4. The Morgan fingerprint density at radius 3 is 2.76 bits per heavy atom. The second-order valence-corrected chi connectivity index (χ2v) is 6.13. The number of amides is 1. The van der Waals surface area contributed by atoms with Crippen molar-refractivity contribution in [1.29, 1.82) is 0 Å². The van der Waals surface area contributed by atoms with Gasteiger partial charge in [-0.15, -0.1) is 11.3 Å². The van der Waals surface area contributed by atoms with Crippen LogP contribution in [-0.4, -0.2) is 33.8 Å². The van der Waals surface area contributed by atoms with Gasteiger partial charge < -0.3 is 4.74 Å². The number of nitrogens with zero attached hydrogens (tertiary/aromatic N) is 3. The number of hydrogen-bond donors (Lipinski definition) is 1. The minimum absolute atomic E-state index is 0.0740. The highest BCUT2D eigenvalue weighted by Gasteiger charge is 2.15. The molecule has 0 unspecified atom stereocenters. The molecular weight excluding hydrogens is 340 g/mol. The number of thiazole rings is 1. The zero-order chi connectivity index (χ0) is 17.8. The Morgan fingerprint density at radius 2 is 2.04 bits per heavy atom. The molecule has 3 aromatic rings. The molecule has 0 spiro atoms. The average Bonchev–Trinajstić information content (AvgIpc) is 3.22. The predicted octanol–water partition coefficient (Wildman–Crippen LogP) is 2.61. The molecule has 0 radical (unpaired) electrons. The van der Waals surface area contributed by atoms with Crippen LogP contribution in [0.3, 0.4) is 0 Å². The molecule has 0 bridgehead atoms. The van der Waals surface area contributed by atoms with Crippen LogP contribution in [0.15, 0.2) is 41.8 Å². The molecule has 0 atom stereocenters. The summed E-state index contributed by atoms with van der Waals surface area (Å²) in [7, 11) is 1.32. The molecule has 0 saturated heterocycles. The van der Waals surface area contributed by atoms with Crippen LogP contribution in [0, 0.1) is 6.92 Å². The third-order valence-corrected chi connectivity index (χ3v) is 4.25. The van der Waals surface area contributed by atoms with Gasteiger partial charge in [-0.3, -0.25) is 14.9 Å². The molecule has 8 heteroatoms. The van der Waals surface area contributed by atoms with Crippen molar-refractivity contribution in [3.63, 3.8) is 0 Å². The van der Waals surface area contributed by atoms with Crippen LogP contribution in [-0.2, 0) is 16.0 Å². The summed E-state index contributed by atoms with van der Waals surface area (Å²) in [5.41, 5.74) is 2.58. The number of aryl methyl sites for hydroxylation is 1. The van der Waals surface area contributed by atoms with Gasteiger partial charge in [0.25, 0.3) is 5.91 Å². The fourth-order valence-electron chi connectivity index (χ4n) is 2.24. The molecule has 2 aromatic heterocycles. The number of anilines is 1. The molecule has 0 aliphatic rings. The predicted molar refractivity (Wildman–Crippen MR) is 94.1 cm³/mol. The molecule has 2 heterocycles. The van der Waals surface area contributed by atoms with E-state index in [1.165, 1.54) is 18.4 Å². The van der Waals surface area contributed by atoms with Crippen LogP contribution in [0.25, 0.3) is 5.69 Å². The van der Waals surface area contributed by atoms with Gasteiger partial charge in [0.1, 0.15) is 0 Å². The second kappa shape index (κ2) is 7.27. The maximum atomic E-state index is 12.4. The summed E-state index contributed by atoms with van der Waals surface area (Å²) in [6, 6.07) is 11.3. The van der Waals surface area contributed by atoms with E-state index in [0.29, 0.717) is 16.5 Å². The summed E-state index contributed by atoms with van der Waals surface area (Å²) in [6.45, 7) is 1.88. The van der Waals surface area contributed by atoms with Gasteiger partial charge in [0.05, 0.1) is 24.9 Å². The normalized spacial score (nSPS) is 10.5. The van der Waals surface area contributed by atoms with E-state index < -0.39 is 0 Å². The Labute approximate surface area is 148 Å². The number of aromatic nitrogens is 3. The van der Waals surface area contributed by atoms with E-state index in [2.05, 4.69) is 20.1 Å². The van der Waals surface area contributed by atoms with Crippen molar-refractivity contribution in [3.8, 4) is 5.69 Å². The number of hydrogen-bond acceptors (Lipinski definition) is 6. The van der Waals surface area contributed by atoms with E-state index in [0.717, 1.165) is 11.4 Å². The average molecular weight is 356 g/mol. The monoisotopic (exact) mass is 356 g/mol. The molecule has 0 fully saturated rings. The molecule has 0 aliphatic heterocycles. The van der Waals surface area contributed by atoms with Crippen molar-refractivity contribution in [3.05, 3.63) is 58.9 Å². The number of methoxy groups -OCH3 is 1. The minimum atomic E-state index is -0.375. The lowest BCUT2D eigenvalue weighted by molar-refractivity contribution is -0.139. The molecule has 0 aliphatic carbocycles. The third kappa shape index (κ3) is 3.92. The van der Waals surface area contributed by atoms with Crippen molar-refractivity contribution >= 4 is 28.3 Å². The summed E-state index contributed by atoms with van der Waals surface area (Å²) in [5.74, 6) is -0.725. The first-order valence-electron chi connectivity index (χ1n) is 7.51. The Kier molecular flexibility index (Phi) is 4.90. The molecule has 0 saturated carbocycles. The van der Waals surface area contributed by atoms with Crippen molar-refractivity contribution < 1.29 is 14.3 Å². The van der Waals surface area contributed by atoms with Gasteiger partial charge in [0.15, 0.2) is 10.8 Å². The third-order valence-electron chi connectivity index (χ3n) is 3.45. The molecule has 25 heavy (non-hydrogen) atoms. The largest absolute Gasteiger partial charge is 0.469 e. The molecule has 1 aromatic carbocycles. The van der Waals surface area contributed by atoms with E-state index >= 15 is 0 Å². The van der Waals surface area contributed by atoms with Gasteiger partial charge in [0, 0.05) is 11.1 Å². The highest BCUT2D eigenvalue weighted by Crippen LogP contribution is 2.18. The van der Waals surface area contributed by atoms with E-state index in [1.54, 1.807) is 16.1 Å². The Bertz CT molecular complexity index is 902. The maximum Gasteiger partial charge on any atom is 0.311 e. The highest BCUT2D eigenvalue weighted by molar-refractivity contribution is 7.14. The Morgan fingerprint density at radius 1 is 1.28 bits per heavy atom. The van der Waals surface area contributed by atoms with Gasteiger partial charge in [-0.2, -0.15) is 5.10 Å². The van der Waals surface area contributed by atoms with Crippen LogP contribution in [0.4, 0.5) is 5.13 Å². The SMILES string of the molecule is COC(=O)Cc1csc(NC(=O)c2cc(C)n(-c3ccccc3)n2)n1. The molecule has 3 rings (SSSR count). The fraction of sp³-hybridized carbons (Fsp3) is 0.176. The number of para-hydroxylation sites is 1. The lowest BCUT2D eigenvalue weighted by Crippen LogP contribution is -2.13. The summed E-state index contributed by atoms with van der Waals surface area (Å²) in [5, 5.41) is 9.18. The topological polar surface area (TPSA) is 86.1 Å².